The van der Waals surface area contributed by atoms with E-state index < -0.39 is 0 Å². The number of carbonyl (C=O) groups is 1. The molecular formula is C11H11N3OS. The summed E-state index contributed by atoms with van der Waals surface area (Å²) in [4.78, 5) is 12.6. The van der Waals surface area contributed by atoms with Crippen molar-refractivity contribution in [1.29, 1.82) is 0 Å². The van der Waals surface area contributed by atoms with E-state index in [9.17, 15) is 4.79 Å². The third-order valence-corrected chi connectivity index (χ3v) is 2.90. The van der Waals surface area contributed by atoms with Gasteiger partial charge in [-0.05, 0) is 12.1 Å². The normalized spacial score (nSPS) is 10.0. The molecule has 0 fully saturated rings. The molecule has 0 saturated carbocycles. The summed E-state index contributed by atoms with van der Waals surface area (Å²) in [5, 5.41) is 9.14. The molecule has 1 heterocycles. The van der Waals surface area contributed by atoms with Gasteiger partial charge < -0.3 is 5.32 Å². The molecule has 0 saturated heterocycles. The van der Waals surface area contributed by atoms with Gasteiger partial charge in [0.1, 0.15) is 5.82 Å². The number of rotatable bonds is 4. The highest BCUT2D eigenvalue weighted by atomic mass is 32.2. The molecule has 2 N–H and O–H groups in total. The molecule has 0 spiro atoms. The molecule has 1 aromatic heterocycles. The predicted octanol–water partition coefficient (Wildman–Crippen LogP) is 2.14. The Labute approximate surface area is 97.5 Å². The van der Waals surface area contributed by atoms with E-state index in [2.05, 4.69) is 15.5 Å². The maximum atomic E-state index is 11.5. The molecule has 5 heteroatoms. The maximum absolute atomic E-state index is 11.5. The van der Waals surface area contributed by atoms with Gasteiger partial charge in [0.25, 0.3) is 0 Å². The molecule has 16 heavy (non-hydrogen) atoms. The molecule has 0 unspecified atom stereocenters. The number of aromatic nitrogens is 2. The van der Waals surface area contributed by atoms with Crippen molar-refractivity contribution in [1.82, 2.24) is 10.2 Å². The molecule has 1 aromatic carbocycles. The van der Waals surface area contributed by atoms with Crippen LogP contribution in [0.15, 0.2) is 47.5 Å². The van der Waals surface area contributed by atoms with E-state index in [1.165, 1.54) is 11.8 Å². The molecule has 0 atom stereocenters. The van der Waals surface area contributed by atoms with Crippen molar-refractivity contribution in [3.63, 3.8) is 0 Å². The number of aromatic amines is 1. The first-order valence-corrected chi connectivity index (χ1v) is 5.80. The van der Waals surface area contributed by atoms with Crippen LogP contribution in [0.4, 0.5) is 5.82 Å². The van der Waals surface area contributed by atoms with Crippen molar-refractivity contribution >= 4 is 23.5 Å². The van der Waals surface area contributed by atoms with Gasteiger partial charge in [0.15, 0.2) is 0 Å². The summed E-state index contributed by atoms with van der Waals surface area (Å²) in [7, 11) is 0. The number of benzene rings is 1. The Morgan fingerprint density at radius 3 is 2.81 bits per heavy atom. The van der Waals surface area contributed by atoms with Crippen LogP contribution < -0.4 is 5.32 Å². The zero-order valence-electron chi connectivity index (χ0n) is 8.51. The van der Waals surface area contributed by atoms with Crippen molar-refractivity contribution in [2.24, 2.45) is 0 Å². The van der Waals surface area contributed by atoms with Crippen molar-refractivity contribution in [3.8, 4) is 0 Å². The number of amides is 1. The first kappa shape index (κ1) is 10.8. The summed E-state index contributed by atoms with van der Waals surface area (Å²) >= 11 is 1.50. The van der Waals surface area contributed by atoms with Gasteiger partial charge in [0, 0.05) is 11.0 Å². The molecule has 1 amide bonds. The lowest BCUT2D eigenvalue weighted by Crippen LogP contribution is -2.14. The van der Waals surface area contributed by atoms with E-state index in [-0.39, 0.29) is 5.91 Å². The third-order valence-electron chi connectivity index (χ3n) is 1.89. The Kier molecular flexibility index (Phi) is 3.61. The zero-order valence-corrected chi connectivity index (χ0v) is 9.33. The van der Waals surface area contributed by atoms with Crippen LogP contribution in [0.3, 0.4) is 0 Å². The average molecular weight is 233 g/mol. The number of nitrogens with one attached hydrogen (secondary N) is 2. The summed E-state index contributed by atoms with van der Waals surface area (Å²) in [6, 6.07) is 11.5. The van der Waals surface area contributed by atoms with Crippen LogP contribution in [0.2, 0.25) is 0 Å². The minimum Gasteiger partial charge on any atom is -0.310 e. The van der Waals surface area contributed by atoms with E-state index >= 15 is 0 Å². The quantitative estimate of drug-likeness (QED) is 0.795. The van der Waals surface area contributed by atoms with Gasteiger partial charge in [0.2, 0.25) is 5.91 Å². The number of anilines is 1. The molecule has 4 nitrogen and oxygen atoms in total. The first-order chi connectivity index (χ1) is 7.84. The van der Waals surface area contributed by atoms with Gasteiger partial charge in [-0.3, -0.25) is 9.89 Å². The number of hydrogen-bond donors (Lipinski definition) is 2. The van der Waals surface area contributed by atoms with Gasteiger partial charge in [-0.25, -0.2) is 0 Å². The fraction of sp³-hybridized carbons (Fsp3) is 0.0909. The number of nitrogens with zero attached hydrogens (tertiary/aromatic N) is 1. The van der Waals surface area contributed by atoms with Crippen LogP contribution in [-0.4, -0.2) is 21.9 Å². The van der Waals surface area contributed by atoms with E-state index in [0.717, 1.165) is 4.90 Å². The van der Waals surface area contributed by atoms with Gasteiger partial charge in [-0.1, -0.05) is 18.2 Å². The lowest BCUT2D eigenvalue weighted by atomic mass is 10.4. The smallest absolute Gasteiger partial charge is 0.235 e. The summed E-state index contributed by atoms with van der Waals surface area (Å²) < 4.78 is 0. The number of carbonyl (C=O) groups excluding carboxylic acids is 1. The van der Waals surface area contributed by atoms with E-state index in [1.54, 1.807) is 12.3 Å². The highest BCUT2D eigenvalue weighted by molar-refractivity contribution is 8.00. The molecule has 2 rings (SSSR count). The van der Waals surface area contributed by atoms with Crippen LogP contribution in [0, 0.1) is 0 Å². The molecule has 2 aromatic rings. The summed E-state index contributed by atoms with van der Waals surface area (Å²) in [5.41, 5.74) is 0. The highest BCUT2D eigenvalue weighted by Crippen LogP contribution is 2.16. The minimum atomic E-state index is -0.0434. The fourth-order valence-corrected chi connectivity index (χ4v) is 1.90. The van der Waals surface area contributed by atoms with E-state index in [1.807, 2.05) is 30.3 Å². The van der Waals surface area contributed by atoms with Crippen LogP contribution in [-0.2, 0) is 4.79 Å². The Morgan fingerprint density at radius 1 is 1.31 bits per heavy atom. The van der Waals surface area contributed by atoms with Crippen molar-refractivity contribution < 1.29 is 4.79 Å². The number of thioether (sulfide) groups is 1. The van der Waals surface area contributed by atoms with E-state index in [4.69, 9.17) is 0 Å². The van der Waals surface area contributed by atoms with Gasteiger partial charge in [-0.2, -0.15) is 5.10 Å². The van der Waals surface area contributed by atoms with Gasteiger partial charge in [0.05, 0.1) is 11.9 Å². The predicted molar refractivity (Wildman–Crippen MR) is 64.4 cm³/mol. The lowest BCUT2D eigenvalue weighted by Gasteiger charge is -2.02. The van der Waals surface area contributed by atoms with Crippen molar-refractivity contribution in [2.45, 2.75) is 4.90 Å². The SMILES string of the molecule is O=C(CSc1ccccc1)Nc1ccn[nH]1. The van der Waals surface area contributed by atoms with Crippen LogP contribution >= 0.6 is 11.8 Å². The molecule has 0 aliphatic heterocycles. The van der Waals surface area contributed by atoms with Gasteiger partial charge >= 0.3 is 0 Å². The van der Waals surface area contributed by atoms with E-state index in [0.29, 0.717) is 11.6 Å². The average Bonchev–Trinajstić information content (AvgIpc) is 2.81. The Bertz CT molecular complexity index is 442. The van der Waals surface area contributed by atoms with Crippen LogP contribution in [0.1, 0.15) is 0 Å². The van der Waals surface area contributed by atoms with Crippen LogP contribution in [0.5, 0.6) is 0 Å². The minimum absolute atomic E-state index is 0.0434. The topological polar surface area (TPSA) is 57.8 Å². The number of H-pyrrole nitrogens is 1. The summed E-state index contributed by atoms with van der Waals surface area (Å²) in [6.45, 7) is 0. The Hall–Kier alpha value is -1.75. The third kappa shape index (κ3) is 3.13. The standard InChI is InChI=1S/C11H11N3OS/c15-11(13-10-6-7-12-14-10)8-16-9-4-2-1-3-5-9/h1-7H,8H2,(H2,12,13,14,15). The van der Waals surface area contributed by atoms with Crippen LogP contribution in [0.25, 0.3) is 0 Å². The highest BCUT2D eigenvalue weighted by Gasteiger charge is 2.03. The molecule has 82 valence electrons. The largest absolute Gasteiger partial charge is 0.310 e. The fourth-order valence-electron chi connectivity index (χ4n) is 1.18. The summed E-state index contributed by atoms with van der Waals surface area (Å²) in [5.74, 6) is 0.972. The second kappa shape index (κ2) is 5.37. The monoisotopic (exact) mass is 233 g/mol. The van der Waals surface area contributed by atoms with Crippen molar-refractivity contribution in [2.75, 3.05) is 11.1 Å². The number of hydrogen-bond acceptors (Lipinski definition) is 3. The molecule has 0 aliphatic carbocycles. The maximum Gasteiger partial charge on any atom is 0.235 e. The molecule has 0 radical (unpaired) electrons. The Balaban J connectivity index is 1.80. The first-order valence-electron chi connectivity index (χ1n) is 4.81. The Morgan fingerprint density at radius 2 is 2.12 bits per heavy atom. The second-order valence-electron chi connectivity index (χ2n) is 3.12. The zero-order chi connectivity index (χ0) is 11.2. The second-order valence-corrected chi connectivity index (χ2v) is 4.17. The van der Waals surface area contributed by atoms with Gasteiger partial charge in [-0.15, -0.1) is 11.8 Å². The lowest BCUT2D eigenvalue weighted by molar-refractivity contribution is -0.113. The molecule has 0 bridgehead atoms. The summed E-state index contributed by atoms with van der Waals surface area (Å²) in [6.07, 6.45) is 1.60. The molecular weight excluding hydrogens is 222 g/mol. The van der Waals surface area contributed by atoms with Crippen molar-refractivity contribution in [3.05, 3.63) is 42.6 Å². The molecule has 0 aliphatic rings.